The van der Waals surface area contributed by atoms with Gasteiger partial charge in [-0.25, -0.2) is 4.79 Å². The lowest BCUT2D eigenvalue weighted by Crippen LogP contribution is -2.42. The SMILES string of the molecule is CC(C)(C)OC(=O)N[C@@H](CCC(=O)N1CCC(Cc2ccccc2)CC1)Cc1ccccc1. The van der Waals surface area contributed by atoms with Gasteiger partial charge in [-0.3, -0.25) is 4.79 Å². The van der Waals surface area contributed by atoms with E-state index in [4.69, 9.17) is 4.74 Å². The maximum atomic E-state index is 12.9. The molecular formula is C28H38N2O3. The van der Waals surface area contributed by atoms with Crippen molar-refractivity contribution in [2.75, 3.05) is 13.1 Å². The zero-order chi connectivity index (χ0) is 23.7. The highest BCUT2D eigenvalue weighted by Gasteiger charge is 2.25. The summed E-state index contributed by atoms with van der Waals surface area (Å²) in [5.74, 6) is 0.813. The van der Waals surface area contributed by atoms with Gasteiger partial charge in [-0.05, 0) is 69.9 Å². The first-order valence-electron chi connectivity index (χ1n) is 12.1. The largest absolute Gasteiger partial charge is 0.444 e. The smallest absolute Gasteiger partial charge is 0.407 e. The molecule has 1 N–H and O–H groups in total. The molecule has 33 heavy (non-hydrogen) atoms. The van der Waals surface area contributed by atoms with Gasteiger partial charge in [0.1, 0.15) is 5.60 Å². The molecule has 2 amide bonds. The third-order valence-electron chi connectivity index (χ3n) is 6.09. The number of carbonyl (C=O) groups is 2. The van der Waals surface area contributed by atoms with Gasteiger partial charge in [0.15, 0.2) is 0 Å². The number of alkyl carbamates (subject to hydrolysis) is 1. The standard InChI is InChI=1S/C28H38N2O3/c1-28(2,3)33-27(32)29-25(21-23-12-8-5-9-13-23)14-15-26(31)30-18-16-24(17-19-30)20-22-10-6-4-7-11-22/h4-13,24-25H,14-21H2,1-3H3,(H,29,32)/t25-/m0/s1. The number of likely N-dealkylation sites (tertiary alicyclic amines) is 1. The molecule has 1 saturated heterocycles. The second-order valence-electron chi connectivity index (χ2n) is 10.1. The molecule has 1 fully saturated rings. The molecule has 5 heteroatoms. The summed E-state index contributed by atoms with van der Waals surface area (Å²) in [6, 6.07) is 20.5. The molecule has 0 bridgehead atoms. The Hall–Kier alpha value is -2.82. The van der Waals surface area contributed by atoms with Crippen molar-refractivity contribution in [2.45, 2.75) is 70.9 Å². The number of carbonyl (C=O) groups excluding carboxylic acids is 2. The van der Waals surface area contributed by atoms with E-state index in [-0.39, 0.29) is 11.9 Å². The first kappa shape index (κ1) is 24.8. The number of nitrogens with one attached hydrogen (secondary N) is 1. The molecule has 0 aromatic heterocycles. The Kier molecular flexibility index (Phi) is 8.93. The highest BCUT2D eigenvalue weighted by molar-refractivity contribution is 5.76. The Morgan fingerprint density at radius 2 is 1.55 bits per heavy atom. The predicted molar refractivity (Wildman–Crippen MR) is 132 cm³/mol. The van der Waals surface area contributed by atoms with Crippen LogP contribution in [0.15, 0.2) is 60.7 Å². The van der Waals surface area contributed by atoms with Crippen LogP contribution in [0.2, 0.25) is 0 Å². The molecule has 2 aromatic rings. The number of piperidine rings is 1. The molecule has 0 aliphatic carbocycles. The van der Waals surface area contributed by atoms with Crippen LogP contribution in [0.5, 0.6) is 0 Å². The highest BCUT2D eigenvalue weighted by Crippen LogP contribution is 2.22. The van der Waals surface area contributed by atoms with Crippen LogP contribution in [0, 0.1) is 5.92 Å². The Bertz CT molecular complexity index is 869. The number of hydrogen-bond donors (Lipinski definition) is 1. The van der Waals surface area contributed by atoms with E-state index in [0.717, 1.165) is 37.9 Å². The van der Waals surface area contributed by atoms with Crippen molar-refractivity contribution in [3.8, 4) is 0 Å². The molecule has 1 aliphatic rings. The van der Waals surface area contributed by atoms with Crippen molar-refractivity contribution in [2.24, 2.45) is 5.92 Å². The second kappa shape index (κ2) is 11.9. The number of amides is 2. The monoisotopic (exact) mass is 450 g/mol. The molecule has 1 heterocycles. The van der Waals surface area contributed by atoms with Crippen molar-refractivity contribution in [1.29, 1.82) is 0 Å². The second-order valence-corrected chi connectivity index (χ2v) is 10.1. The average molecular weight is 451 g/mol. The fraction of sp³-hybridized carbons (Fsp3) is 0.500. The molecule has 178 valence electrons. The maximum Gasteiger partial charge on any atom is 0.407 e. The number of benzene rings is 2. The summed E-state index contributed by atoms with van der Waals surface area (Å²) < 4.78 is 5.44. The van der Waals surface area contributed by atoms with E-state index in [0.29, 0.717) is 25.2 Å². The van der Waals surface area contributed by atoms with Crippen LogP contribution >= 0.6 is 0 Å². The van der Waals surface area contributed by atoms with Gasteiger partial charge in [0.05, 0.1) is 0 Å². The summed E-state index contributed by atoms with van der Waals surface area (Å²) in [4.78, 5) is 27.3. The van der Waals surface area contributed by atoms with E-state index in [2.05, 4.69) is 29.6 Å². The lowest BCUT2D eigenvalue weighted by molar-refractivity contribution is -0.132. The summed E-state index contributed by atoms with van der Waals surface area (Å²) in [6.07, 6.45) is 4.44. The van der Waals surface area contributed by atoms with Crippen LogP contribution < -0.4 is 5.32 Å². The van der Waals surface area contributed by atoms with Gasteiger partial charge < -0.3 is 15.0 Å². The van der Waals surface area contributed by atoms with Crippen molar-refractivity contribution in [3.63, 3.8) is 0 Å². The minimum Gasteiger partial charge on any atom is -0.444 e. The summed E-state index contributed by atoms with van der Waals surface area (Å²) in [5, 5.41) is 2.98. The minimum atomic E-state index is -0.554. The predicted octanol–water partition coefficient (Wildman–Crippen LogP) is 5.38. The fourth-order valence-corrected chi connectivity index (χ4v) is 4.39. The van der Waals surface area contributed by atoms with E-state index in [1.165, 1.54) is 5.56 Å². The topological polar surface area (TPSA) is 58.6 Å². The quantitative estimate of drug-likeness (QED) is 0.587. The zero-order valence-electron chi connectivity index (χ0n) is 20.3. The van der Waals surface area contributed by atoms with Crippen LogP contribution in [-0.4, -0.2) is 41.6 Å². The zero-order valence-corrected chi connectivity index (χ0v) is 20.3. The molecule has 0 spiro atoms. The van der Waals surface area contributed by atoms with Crippen molar-refractivity contribution < 1.29 is 14.3 Å². The van der Waals surface area contributed by atoms with Crippen molar-refractivity contribution in [3.05, 3.63) is 71.8 Å². The van der Waals surface area contributed by atoms with Crippen LogP contribution in [0.25, 0.3) is 0 Å². The number of nitrogens with zero attached hydrogens (tertiary/aromatic N) is 1. The first-order chi connectivity index (χ1) is 15.8. The van der Waals surface area contributed by atoms with Crippen LogP contribution in [-0.2, 0) is 22.4 Å². The summed E-state index contributed by atoms with van der Waals surface area (Å²) >= 11 is 0. The third-order valence-corrected chi connectivity index (χ3v) is 6.09. The average Bonchev–Trinajstić information content (AvgIpc) is 2.78. The number of rotatable bonds is 8. The lowest BCUT2D eigenvalue weighted by atomic mass is 9.90. The molecule has 0 saturated carbocycles. The van der Waals surface area contributed by atoms with Gasteiger partial charge in [-0.15, -0.1) is 0 Å². The lowest BCUT2D eigenvalue weighted by Gasteiger charge is -2.32. The molecular weight excluding hydrogens is 412 g/mol. The number of ether oxygens (including phenoxy) is 1. The van der Waals surface area contributed by atoms with Gasteiger partial charge in [0.25, 0.3) is 0 Å². The summed E-state index contributed by atoms with van der Waals surface area (Å²) in [6.45, 7) is 7.19. The van der Waals surface area contributed by atoms with Crippen LogP contribution in [0.1, 0.15) is 57.6 Å². The van der Waals surface area contributed by atoms with E-state index in [1.807, 2.05) is 62.1 Å². The Labute approximate surface area is 198 Å². The summed E-state index contributed by atoms with van der Waals surface area (Å²) in [5.41, 5.74) is 1.95. The molecule has 1 aliphatic heterocycles. The van der Waals surface area contributed by atoms with Crippen molar-refractivity contribution in [1.82, 2.24) is 10.2 Å². The molecule has 2 aromatic carbocycles. The maximum absolute atomic E-state index is 12.9. The highest BCUT2D eigenvalue weighted by atomic mass is 16.6. The molecule has 0 unspecified atom stereocenters. The fourth-order valence-electron chi connectivity index (χ4n) is 4.39. The van der Waals surface area contributed by atoms with E-state index < -0.39 is 11.7 Å². The molecule has 5 nitrogen and oxygen atoms in total. The normalized spacial score (nSPS) is 15.7. The Balaban J connectivity index is 1.49. The van der Waals surface area contributed by atoms with E-state index >= 15 is 0 Å². The van der Waals surface area contributed by atoms with E-state index in [1.54, 1.807) is 0 Å². The number of hydrogen-bond acceptors (Lipinski definition) is 3. The van der Waals surface area contributed by atoms with Crippen LogP contribution in [0.4, 0.5) is 4.79 Å². The van der Waals surface area contributed by atoms with Crippen LogP contribution in [0.3, 0.4) is 0 Å². The van der Waals surface area contributed by atoms with Crippen molar-refractivity contribution >= 4 is 12.0 Å². The summed E-state index contributed by atoms with van der Waals surface area (Å²) in [7, 11) is 0. The molecule has 0 radical (unpaired) electrons. The van der Waals surface area contributed by atoms with Gasteiger partial charge in [-0.2, -0.15) is 0 Å². The van der Waals surface area contributed by atoms with Gasteiger partial charge in [-0.1, -0.05) is 60.7 Å². The molecule has 1 atom stereocenters. The van der Waals surface area contributed by atoms with Gasteiger partial charge in [0.2, 0.25) is 5.91 Å². The minimum absolute atomic E-state index is 0.151. The Morgan fingerprint density at radius 1 is 0.970 bits per heavy atom. The van der Waals surface area contributed by atoms with Gasteiger partial charge in [0, 0.05) is 25.6 Å². The van der Waals surface area contributed by atoms with Gasteiger partial charge >= 0.3 is 6.09 Å². The van der Waals surface area contributed by atoms with E-state index in [9.17, 15) is 9.59 Å². The Morgan fingerprint density at radius 3 is 2.12 bits per heavy atom. The first-order valence-corrected chi connectivity index (χ1v) is 12.1. The third kappa shape index (κ3) is 8.91. The molecule has 3 rings (SSSR count).